The molecule has 0 spiro atoms. The highest BCUT2D eigenvalue weighted by atomic mass is 16.6. The van der Waals surface area contributed by atoms with Crippen molar-refractivity contribution >= 4 is 35.2 Å². The van der Waals surface area contributed by atoms with Gasteiger partial charge in [0.1, 0.15) is 34.2 Å². The molecule has 0 saturated heterocycles. The average Bonchev–Trinajstić information content (AvgIpc) is 3.14. The van der Waals surface area contributed by atoms with Crippen LogP contribution >= 0.6 is 0 Å². The van der Waals surface area contributed by atoms with Gasteiger partial charge in [0.25, 0.3) is 11.8 Å². The Morgan fingerprint density at radius 3 is 1.93 bits per heavy atom. The Morgan fingerprint density at radius 2 is 1.36 bits per heavy atom. The van der Waals surface area contributed by atoms with Gasteiger partial charge in [0, 0.05) is 37.8 Å². The van der Waals surface area contributed by atoms with Crippen LogP contribution in [-0.2, 0) is 9.53 Å². The number of nitrogens with one attached hydrogen (secondary N) is 3. The number of rotatable bonds is 19. The molecule has 3 aromatic rings. The van der Waals surface area contributed by atoms with E-state index >= 15 is 0 Å². The number of methoxy groups -OCH3 is 1. The summed E-state index contributed by atoms with van der Waals surface area (Å²) in [7, 11) is 7.21. The SMILES string of the molecule is CCCC(COc1c(C)c(C)c(OC)c(NC(=O)c2ccc(OCCCNC(=O)OC(C)(C)C)cc2)c1NC(=O)c1ccccc1)C(=O)N(C)CCN(C)C. The second kappa shape index (κ2) is 21.0. The average molecular weight is 762 g/mol. The molecule has 3 N–H and O–H groups in total. The molecular formula is C42H59N5O8. The van der Waals surface area contributed by atoms with Gasteiger partial charge in [0.05, 0.1) is 26.2 Å². The van der Waals surface area contributed by atoms with E-state index < -0.39 is 29.4 Å². The van der Waals surface area contributed by atoms with Gasteiger partial charge in [-0.1, -0.05) is 31.5 Å². The molecule has 1 atom stereocenters. The van der Waals surface area contributed by atoms with E-state index in [0.717, 1.165) is 13.0 Å². The topological polar surface area (TPSA) is 148 Å². The standard InChI is InChI=1S/C42H59N5O8/c1-11-16-32(40(50)47(9)25-24-46(7)8)27-54-37-29(3)28(2)36(52-10)34(35(37)45-38(48)30-17-13-12-14-18-30)44-39(49)31-19-21-33(22-20-31)53-26-15-23-43-41(51)55-42(4,5)6/h12-14,17-22,32H,11,15-16,23-27H2,1-10H3,(H,43,51)(H,44,49)(H,45,48). The molecule has 0 fully saturated rings. The van der Waals surface area contributed by atoms with Crippen LogP contribution in [-0.4, -0.2) is 100 Å². The molecular weight excluding hydrogens is 702 g/mol. The van der Waals surface area contributed by atoms with Crippen molar-refractivity contribution in [3.05, 3.63) is 76.9 Å². The maximum Gasteiger partial charge on any atom is 0.407 e. The lowest BCUT2D eigenvalue weighted by Crippen LogP contribution is -2.39. The summed E-state index contributed by atoms with van der Waals surface area (Å²) in [4.78, 5) is 56.7. The zero-order valence-corrected chi connectivity index (χ0v) is 34.1. The summed E-state index contributed by atoms with van der Waals surface area (Å²) < 4.78 is 23.4. The largest absolute Gasteiger partial charge is 0.494 e. The minimum Gasteiger partial charge on any atom is -0.494 e. The zero-order valence-electron chi connectivity index (χ0n) is 34.1. The van der Waals surface area contributed by atoms with Crippen molar-refractivity contribution in [1.29, 1.82) is 0 Å². The molecule has 0 saturated carbocycles. The lowest BCUT2D eigenvalue weighted by Gasteiger charge is -2.27. The third kappa shape index (κ3) is 13.5. The number of likely N-dealkylation sites (N-methyl/N-ethyl adjacent to an activating group) is 2. The lowest BCUT2D eigenvalue weighted by molar-refractivity contribution is -0.135. The van der Waals surface area contributed by atoms with Gasteiger partial charge in [-0.3, -0.25) is 14.4 Å². The van der Waals surface area contributed by atoms with E-state index in [9.17, 15) is 19.2 Å². The first kappa shape index (κ1) is 44.1. The van der Waals surface area contributed by atoms with Crippen LogP contribution in [0.2, 0.25) is 0 Å². The van der Waals surface area contributed by atoms with Crippen LogP contribution in [0.25, 0.3) is 0 Å². The molecule has 0 radical (unpaired) electrons. The predicted octanol–water partition coefficient (Wildman–Crippen LogP) is 6.93. The van der Waals surface area contributed by atoms with Gasteiger partial charge in [0.2, 0.25) is 5.91 Å². The maximum absolute atomic E-state index is 13.8. The number of amides is 4. The molecule has 3 rings (SSSR count). The lowest BCUT2D eigenvalue weighted by atomic mass is 10.0. The number of hydrogen-bond donors (Lipinski definition) is 3. The van der Waals surface area contributed by atoms with Crippen LogP contribution in [0.1, 0.15) is 78.8 Å². The smallest absolute Gasteiger partial charge is 0.407 e. The van der Waals surface area contributed by atoms with Gasteiger partial charge in [-0.15, -0.1) is 0 Å². The molecule has 0 aliphatic carbocycles. The Hall–Kier alpha value is -5.30. The van der Waals surface area contributed by atoms with E-state index in [1.165, 1.54) is 7.11 Å². The van der Waals surface area contributed by atoms with Crippen molar-refractivity contribution in [3.63, 3.8) is 0 Å². The van der Waals surface area contributed by atoms with E-state index in [1.54, 1.807) is 81.2 Å². The predicted molar refractivity (Wildman–Crippen MR) is 216 cm³/mol. The normalized spacial score (nSPS) is 11.7. The molecule has 1 unspecified atom stereocenters. The molecule has 13 heteroatoms. The number of carbonyl (C=O) groups is 4. The Labute approximate surface area is 326 Å². The summed E-state index contributed by atoms with van der Waals surface area (Å²) in [5, 5.41) is 8.65. The van der Waals surface area contributed by atoms with Gasteiger partial charge in [0.15, 0.2) is 0 Å². The Bertz CT molecular complexity index is 1740. The van der Waals surface area contributed by atoms with Crippen molar-refractivity contribution in [2.24, 2.45) is 5.92 Å². The molecule has 3 aromatic carbocycles. The quantitative estimate of drug-likeness (QED) is 0.111. The number of anilines is 2. The first-order valence-electron chi connectivity index (χ1n) is 18.7. The molecule has 4 amide bonds. The summed E-state index contributed by atoms with van der Waals surface area (Å²) >= 11 is 0. The summed E-state index contributed by atoms with van der Waals surface area (Å²) in [6.45, 7) is 13.2. The Kier molecular flexibility index (Phi) is 16.8. The minimum absolute atomic E-state index is 0.0279. The van der Waals surface area contributed by atoms with Crippen LogP contribution < -0.4 is 30.2 Å². The highest BCUT2D eigenvalue weighted by Crippen LogP contribution is 2.46. The second-order valence-electron chi connectivity index (χ2n) is 14.7. The van der Waals surface area contributed by atoms with Crippen molar-refractivity contribution in [2.45, 2.75) is 66.4 Å². The van der Waals surface area contributed by atoms with Crippen molar-refractivity contribution < 1.29 is 38.1 Å². The third-order valence-corrected chi connectivity index (χ3v) is 8.71. The molecule has 0 aliphatic rings. The fourth-order valence-electron chi connectivity index (χ4n) is 5.63. The zero-order chi connectivity index (χ0) is 40.7. The van der Waals surface area contributed by atoms with E-state index in [4.69, 9.17) is 18.9 Å². The molecule has 55 heavy (non-hydrogen) atoms. The highest BCUT2D eigenvalue weighted by Gasteiger charge is 2.28. The van der Waals surface area contributed by atoms with Gasteiger partial charge in [-0.05, 0) is 109 Å². The summed E-state index contributed by atoms with van der Waals surface area (Å²) in [5.74, 6) is -0.112. The van der Waals surface area contributed by atoms with E-state index in [-0.39, 0.29) is 23.9 Å². The molecule has 0 heterocycles. The van der Waals surface area contributed by atoms with E-state index in [1.807, 2.05) is 45.8 Å². The van der Waals surface area contributed by atoms with E-state index in [2.05, 4.69) is 16.0 Å². The number of carbonyl (C=O) groups excluding carboxylic acids is 4. The molecule has 0 bridgehead atoms. The molecule has 0 aromatic heterocycles. The van der Waals surface area contributed by atoms with Crippen LogP contribution in [0.5, 0.6) is 17.2 Å². The van der Waals surface area contributed by atoms with Gasteiger partial charge < -0.3 is 44.7 Å². The Morgan fingerprint density at radius 1 is 0.782 bits per heavy atom. The molecule has 0 aliphatic heterocycles. The van der Waals surface area contributed by atoms with Gasteiger partial charge >= 0.3 is 6.09 Å². The first-order valence-corrected chi connectivity index (χ1v) is 18.7. The number of ether oxygens (including phenoxy) is 4. The van der Waals surface area contributed by atoms with Crippen molar-refractivity contribution in [2.75, 3.05) is 71.7 Å². The summed E-state index contributed by atoms with van der Waals surface area (Å²) in [5.41, 5.74) is 1.97. The number of nitrogens with zero attached hydrogens (tertiary/aromatic N) is 2. The minimum atomic E-state index is -0.575. The van der Waals surface area contributed by atoms with E-state index in [0.29, 0.717) is 72.0 Å². The number of benzene rings is 3. The first-order chi connectivity index (χ1) is 26.1. The molecule has 300 valence electrons. The van der Waals surface area contributed by atoms with Crippen LogP contribution in [0.3, 0.4) is 0 Å². The second-order valence-corrected chi connectivity index (χ2v) is 14.7. The van der Waals surface area contributed by atoms with Crippen molar-refractivity contribution in [3.8, 4) is 17.2 Å². The molecule has 13 nitrogen and oxygen atoms in total. The van der Waals surface area contributed by atoms with Crippen LogP contribution in [0, 0.1) is 19.8 Å². The van der Waals surface area contributed by atoms with Crippen LogP contribution in [0.4, 0.5) is 16.2 Å². The maximum atomic E-state index is 13.8. The monoisotopic (exact) mass is 761 g/mol. The fraction of sp³-hybridized carbons (Fsp3) is 0.476. The van der Waals surface area contributed by atoms with Gasteiger partial charge in [-0.2, -0.15) is 0 Å². The fourth-order valence-corrected chi connectivity index (χ4v) is 5.63. The third-order valence-electron chi connectivity index (χ3n) is 8.71. The summed E-state index contributed by atoms with van der Waals surface area (Å²) in [6, 6.07) is 15.3. The van der Waals surface area contributed by atoms with Crippen molar-refractivity contribution in [1.82, 2.24) is 15.1 Å². The van der Waals surface area contributed by atoms with Gasteiger partial charge in [-0.25, -0.2) is 4.79 Å². The Balaban J connectivity index is 1.89. The highest BCUT2D eigenvalue weighted by molar-refractivity contribution is 6.12. The van der Waals surface area contributed by atoms with Crippen LogP contribution in [0.15, 0.2) is 54.6 Å². The number of alkyl carbamates (subject to hydrolysis) is 1. The number of hydrogen-bond acceptors (Lipinski definition) is 9. The summed E-state index contributed by atoms with van der Waals surface area (Å²) in [6.07, 6.45) is 1.45.